The van der Waals surface area contributed by atoms with Crippen molar-refractivity contribution in [3.63, 3.8) is 0 Å². The maximum atomic E-state index is 12.8. The Morgan fingerprint density at radius 3 is 2.53 bits per heavy atom. The number of hydrogen-bond acceptors (Lipinski definition) is 4. The molecule has 30 heavy (non-hydrogen) atoms. The number of benzene rings is 1. The van der Waals surface area contributed by atoms with Gasteiger partial charge in [0.1, 0.15) is 17.2 Å². The van der Waals surface area contributed by atoms with Crippen molar-refractivity contribution in [3.05, 3.63) is 65.0 Å². The minimum Gasteiger partial charge on any atom is -0.457 e. The van der Waals surface area contributed by atoms with Gasteiger partial charge in [-0.15, -0.1) is 0 Å². The van der Waals surface area contributed by atoms with E-state index in [1.54, 1.807) is 15.9 Å². The zero-order valence-electron chi connectivity index (χ0n) is 15.7. The number of rotatable bonds is 3. The molecule has 0 unspecified atom stereocenters. The van der Waals surface area contributed by atoms with E-state index in [4.69, 9.17) is 16.0 Å². The van der Waals surface area contributed by atoms with Gasteiger partial charge in [0.05, 0.1) is 10.6 Å². The van der Waals surface area contributed by atoms with Crippen LogP contribution in [0.25, 0.3) is 17.0 Å². The molecule has 0 saturated carbocycles. The van der Waals surface area contributed by atoms with Gasteiger partial charge in [0.2, 0.25) is 5.91 Å². The lowest BCUT2D eigenvalue weighted by molar-refractivity contribution is -0.137. The summed E-state index contributed by atoms with van der Waals surface area (Å²) in [6, 6.07) is 10.3. The molecule has 3 aromatic rings. The van der Waals surface area contributed by atoms with E-state index >= 15 is 0 Å². The number of fused-ring (bicyclic) bond motifs is 1. The number of anilines is 1. The van der Waals surface area contributed by atoms with Crippen molar-refractivity contribution in [2.45, 2.75) is 6.18 Å². The fourth-order valence-electron chi connectivity index (χ4n) is 3.30. The van der Waals surface area contributed by atoms with E-state index in [0.29, 0.717) is 31.9 Å². The average Bonchev–Trinajstić information content (AvgIpc) is 3.14. The molecule has 156 valence electrons. The molecule has 0 radical (unpaired) electrons. The molecule has 0 bridgehead atoms. The Morgan fingerprint density at radius 1 is 1.13 bits per heavy atom. The monoisotopic (exact) mass is 435 g/mol. The van der Waals surface area contributed by atoms with Crippen LogP contribution >= 0.6 is 11.6 Å². The Kier molecular flexibility index (Phi) is 5.42. The molecule has 4 rings (SSSR count). The van der Waals surface area contributed by atoms with Crippen molar-refractivity contribution >= 4 is 40.4 Å². The smallest absolute Gasteiger partial charge is 0.417 e. The average molecular weight is 436 g/mol. The van der Waals surface area contributed by atoms with E-state index in [0.717, 1.165) is 23.2 Å². The number of para-hydroxylation sites is 1. The number of amides is 1. The van der Waals surface area contributed by atoms with Crippen LogP contribution in [-0.4, -0.2) is 42.0 Å². The lowest BCUT2D eigenvalue weighted by Crippen LogP contribution is -2.48. The van der Waals surface area contributed by atoms with Gasteiger partial charge in [0, 0.05) is 43.8 Å². The second kappa shape index (κ2) is 8.02. The van der Waals surface area contributed by atoms with Gasteiger partial charge in [-0.25, -0.2) is 4.98 Å². The van der Waals surface area contributed by atoms with E-state index in [1.165, 1.54) is 6.08 Å². The van der Waals surface area contributed by atoms with Gasteiger partial charge in [0.15, 0.2) is 0 Å². The van der Waals surface area contributed by atoms with Crippen LogP contribution < -0.4 is 4.90 Å². The third-order valence-corrected chi connectivity index (χ3v) is 5.15. The van der Waals surface area contributed by atoms with E-state index < -0.39 is 11.7 Å². The zero-order valence-corrected chi connectivity index (χ0v) is 16.5. The van der Waals surface area contributed by atoms with Crippen LogP contribution in [-0.2, 0) is 11.0 Å². The quantitative estimate of drug-likeness (QED) is 0.551. The van der Waals surface area contributed by atoms with Crippen LogP contribution in [0.15, 0.2) is 53.1 Å². The summed E-state index contributed by atoms with van der Waals surface area (Å²) in [5, 5.41) is 0.897. The fraction of sp³-hybridized carbons (Fsp3) is 0.238. The Hall–Kier alpha value is -3.00. The zero-order chi connectivity index (χ0) is 21.3. The van der Waals surface area contributed by atoms with Crippen molar-refractivity contribution < 1.29 is 22.4 Å². The molecular weight excluding hydrogens is 419 g/mol. The Bertz CT molecular complexity index is 1070. The predicted octanol–water partition coefficient (Wildman–Crippen LogP) is 4.86. The standard InChI is InChI=1S/C21H17ClF3N3O2/c22-17-12-15(21(23,24)25)13-26-20(17)28-9-7-27(8-10-28)19(29)6-5-16-11-14-3-1-2-4-18(14)30-16/h1-6,11-13H,7-10H2/b6-5+. The number of carbonyl (C=O) groups is 1. The molecule has 9 heteroatoms. The molecular formula is C21H17ClF3N3O2. The lowest BCUT2D eigenvalue weighted by atomic mass is 10.2. The largest absolute Gasteiger partial charge is 0.457 e. The molecule has 1 aromatic carbocycles. The molecule has 1 aliphatic heterocycles. The summed E-state index contributed by atoms with van der Waals surface area (Å²) in [6.07, 6.45) is -0.638. The topological polar surface area (TPSA) is 49.6 Å². The summed E-state index contributed by atoms with van der Waals surface area (Å²) in [4.78, 5) is 19.8. The summed E-state index contributed by atoms with van der Waals surface area (Å²) in [6.45, 7) is 1.65. The minimum atomic E-state index is -4.49. The number of carbonyl (C=O) groups excluding carboxylic acids is 1. The summed E-state index contributed by atoms with van der Waals surface area (Å²) in [5.74, 6) is 0.708. The van der Waals surface area contributed by atoms with Crippen LogP contribution in [0.3, 0.4) is 0 Å². The highest BCUT2D eigenvalue weighted by Gasteiger charge is 2.32. The number of halogens is 4. The van der Waals surface area contributed by atoms with Crippen LogP contribution in [0.1, 0.15) is 11.3 Å². The molecule has 1 saturated heterocycles. The van der Waals surface area contributed by atoms with Gasteiger partial charge in [-0.3, -0.25) is 4.79 Å². The number of aromatic nitrogens is 1. The molecule has 1 aliphatic rings. The van der Waals surface area contributed by atoms with Gasteiger partial charge in [0.25, 0.3) is 0 Å². The van der Waals surface area contributed by atoms with E-state index in [1.807, 2.05) is 30.3 Å². The van der Waals surface area contributed by atoms with Crippen LogP contribution in [0.2, 0.25) is 5.02 Å². The molecule has 1 amide bonds. The van der Waals surface area contributed by atoms with E-state index in [-0.39, 0.29) is 16.7 Å². The van der Waals surface area contributed by atoms with E-state index in [2.05, 4.69) is 4.98 Å². The molecule has 1 fully saturated rings. The van der Waals surface area contributed by atoms with Gasteiger partial charge in [-0.2, -0.15) is 13.2 Å². The van der Waals surface area contributed by atoms with Crippen molar-refractivity contribution in [1.82, 2.24) is 9.88 Å². The number of pyridine rings is 1. The van der Waals surface area contributed by atoms with Crippen molar-refractivity contribution in [2.75, 3.05) is 31.1 Å². The first-order valence-electron chi connectivity index (χ1n) is 9.24. The number of hydrogen-bond donors (Lipinski definition) is 0. The second-order valence-electron chi connectivity index (χ2n) is 6.86. The van der Waals surface area contributed by atoms with Crippen molar-refractivity contribution in [2.24, 2.45) is 0 Å². The highest BCUT2D eigenvalue weighted by Crippen LogP contribution is 2.33. The van der Waals surface area contributed by atoms with Gasteiger partial charge in [-0.1, -0.05) is 29.8 Å². The molecule has 0 spiro atoms. The summed E-state index contributed by atoms with van der Waals surface area (Å²) in [5.41, 5.74) is -0.139. The SMILES string of the molecule is O=C(/C=C/c1cc2ccccc2o1)N1CCN(c2ncc(C(F)(F)F)cc2Cl)CC1. The molecule has 0 atom stereocenters. The lowest BCUT2D eigenvalue weighted by Gasteiger charge is -2.35. The normalized spacial score (nSPS) is 15.3. The van der Waals surface area contributed by atoms with Gasteiger partial charge >= 0.3 is 6.18 Å². The van der Waals surface area contributed by atoms with Crippen molar-refractivity contribution in [1.29, 1.82) is 0 Å². The third-order valence-electron chi connectivity index (χ3n) is 4.87. The Morgan fingerprint density at radius 2 is 1.87 bits per heavy atom. The number of alkyl halides is 3. The van der Waals surface area contributed by atoms with Crippen LogP contribution in [0.4, 0.5) is 19.0 Å². The molecule has 0 N–H and O–H groups in total. The first-order valence-corrected chi connectivity index (χ1v) is 9.62. The van der Waals surface area contributed by atoms with Gasteiger partial charge < -0.3 is 14.2 Å². The number of furan rings is 1. The highest BCUT2D eigenvalue weighted by atomic mass is 35.5. The molecule has 5 nitrogen and oxygen atoms in total. The van der Waals surface area contributed by atoms with Crippen LogP contribution in [0.5, 0.6) is 0 Å². The molecule has 0 aliphatic carbocycles. The summed E-state index contributed by atoms with van der Waals surface area (Å²) in [7, 11) is 0. The Balaban J connectivity index is 1.37. The molecule has 3 heterocycles. The first-order chi connectivity index (χ1) is 14.3. The molecule has 2 aromatic heterocycles. The highest BCUT2D eigenvalue weighted by molar-refractivity contribution is 6.33. The number of nitrogens with zero attached hydrogens (tertiary/aromatic N) is 3. The summed E-state index contributed by atoms with van der Waals surface area (Å²) >= 11 is 6.01. The van der Waals surface area contributed by atoms with Crippen molar-refractivity contribution in [3.8, 4) is 0 Å². The van der Waals surface area contributed by atoms with Crippen LogP contribution in [0, 0.1) is 0 Å². The second-order valence-corrected chi connectivity index (χ2v) is 7.27. The minimum absolute atomic E-state index is 0.0608. The maximum Gasteiger partial charge on any atom is 0.417 e. The fourth-order valence-corrected chi connectivity index (χ4v) is 3.59. The Labute approximate surface area is 175 Å². The predicted molar refractivity (Wildman–Crippen MR) is 108 cm³/mol. The summed E-state index contributed by atoms with van der Waals surface area (Å²) < 4.78 is 44.0. The van der Waals surface area contributed by atoms with Gasteiger partial charge in [-0.05, 0) is 24.3 Å². The van der Waals surface area contributed by atoms with E-state index in [9.17, 15) is 18.0 Å². The third kappa shape index (κ3) is 4.28. The maximum absolute atomic E-state index is 12.8. The number of piperazine rings is 1. The first kappa shape index (κ1) is 20.3.